The molecular weight excluding hydrogens is 244 g/mol. The monoisotopic (exact) mass is 270 g/mol. The fraction of sp³-hybridized carbons (Fsp3) is 0.929. The normalized spacial score (nSPS) is 27.8. The molecule has 110 valence electrons. The molecule has 5 heteroatoms. The smallest absolute Gasteiger partial charge is 0.334 e. The van der Waals surface area contributed by atoms with E-state index in [0.717, 1.165) is 38.4 Å². The van der Waals surface area contributed by atoms with E-state index in [0.29, 0.717) is 19.2 Å². The number of piperidine rings is 1. The van der Waals surface area contributed by atoms with Gasteiger partial charge in [-0.1, -0.05) is 13.8 Å². The van der Waals surface area contributed by atoms with Crippen molar-refractivity contribution in [3.63, 3.8) is 0 Å². The van der Waals surface area contributed by atoms with Crippen molar-refractivity contribution in [2.24, 2.45) is 5.92 Å². The lowest BCUT2D eigenvalue weighted by Gasteiger charge is -2.41. The summed E-state index contributed by atoms with van der Waals surface area (Å²) in [7, 11) is 0. The number of carbonyl (C=O) groups is 1. The third kappa shape index (κ3) is 4.16. The van der Waals surface area contributed by atoms with Crippen molar-refractivity contribution in [2.75, 3.05) is 39.3 Å². The highest BCUT2D eigenvalue weighted by Crippen LogP contribution is 2.20. The fourth-order valence-electron chi connectivity index (χ4n) is 3.13. The van der Waals surface area contributed by atoms with Gasteiger partial charge in [0.15, 0.2) is 6.10 Å². The first-order valence-corrected chi connectivity index (χ1v) is 7.37. The van der Waals surface area contributed by atoms with Gasteiger partial charge in [-0.05, 0) is 31.8 Å². The number of ether oxygens (including phenoxy) is 1. The highest BCUT2D eigenvalue weighted by Gasteiger charge is 2.32. The minimum absolute atomic E-state index is 0.536. The van der Waals surface area contributed by atoms with Crippen LogP contribution in [0, 0.1) is 5.92 Å². The van der Waals surface area contributed by atoms with E-state index in [1.165, 1.54) is 6.54 Å². The Hall–Kier alpha value is -0.650. The lowest BCUT2D eigenvalue weighted by molar-refractivity contribution is -0.157. The van der Waals surface area contributed by atoms with E-state index < -0.39 is 12.1 Å². The first-order valence-electron chi connectivity index (χ1n) is 7.37. The Morgan fingerprint density at radius 1 is 1.32 bits per heavy atom. The molecular formula is C14H26N2O3. The van der Waals surface area contributed by atoms with E-state index in [4.69, 9.17) is 9.84 Å². The zero-order valence-corrected chi connectivity index (χ0v) is 12.0. The molecule has 2 aliphatic rings. The number of rotatable bonds is 4. The number of aliphatic carboxylic acids is 1. The van der Waals surface area contributed by atoms with Crippen molar-refractivity contribution in [1.29, 1.82) is 0 Å². The molecule has 5 nitrogen and oxygen atoms in total. The molecule has 0 aromatic heterocycles. The summed E-state index contributed by atoms with van der Waals surface area (Å²) in [5, 5.41) is 9.04. The molecule has 1 atom stereocenters. The number of likely N-dealkylation sites (tertiary alicyclic amines) is 1. The molecule has 0 aromatic rings. The Morgan fingerprint density at radius 2 is 2.00 bits per heavy atom. The predicted molar refractivity (Wildman–Crippen MR) is 73.2 cm³/mol. The van der Waals surface area contributed by atoms with Crippen LogP contribution in [0.1, 0.15) is 26.7 Å². The van der Waals surface area contributed by atoms with Gasteiger partial charge < -0.3 is 14.7 Å². The maximum Gasteiger partial charge on any atom is 0.334 e. The highest BCUT2D eigenvalue weighted by atomic mass is 16.5. The Labute approximate surface area is 115 Å². The summed E-state index contributed by atoms with van der Waals surface area (Å²) in [5.41, 5.74) is 0. The number of carboxylic acid groups (broad SMARTS) is 1. The van der Waals surface area contributed by atoms with Gasteiger partial charge in [-0.3, -0.25) is 4.90 Å². The topological polar surface area (TPSA) is 53.0 Å². The van der Waals surface area contributed by atoms with Crippen LogP contribution >= 0.6 is 0 Å². The number of carboxylic acids is 1. The molecule has 0 aliphatic carbocycles. The van der Waals surface area contributed by atoms with Crippen molar-refractivity contribution < 1.29 is 14.6 Å². The van der Waals surface area contributed by atoms with Crippen LogP contribution in [0.25, 0.3) is 0 Å². The third-order valence-corrected chi connectivity index (χ3v) is 4.07. The van der Waals surface area contributed by atoms with Crippen molar-refractivity contribution >= 4 is 5.97 Å². The Kier molecular flexibility index (Phi) is 5.19. The molecule has 0 radical (unpaired) electrons. The summed E-state index contributed by atoms with van der Waals surface area (Å²) in [4.78, 5) is 15.8. The van der Waals surface area contributed by atoms with E-state index >= 15 is 0 Å². The molecule has 0 spiro atoms. The van der Waals surface area contributed by atoms with Crippen LogP contribution in [0.5, 0.6) is 0 Å². The second-order valence-electron chi connectivity index (χ2n) is 6.12. The Balaban J connectivity index is 1.79. The van der Waals surface area contributed by atoms with Gasteiger partial charge in [0.25, 0.3) is 0 Å². The van der Waals surface area contributed by atoms with Crippen LogP contribution in [0.4, 0.5) is 0 Å². The summed E-state index contributed by atoms with van der Waals surface area (Å²) in [6.07, 6.45) is 1.67. The maximum atomic E-state index is 11.0. The molecule has 19 heavy (non-hydrogen) atoms. The molecule has 1 N–H and O–H groups in total. The minimum atomic E-state index is -0.832. The number of morpholine rings is 1. The van der Waals surface area contributed by atoms with Crippen LogP contribution in [0.15, 0.2) is 0 Å². The summed E-state index contributed by atoms with van der Waals surface area (Å²) >= 11 is 0. The van der Waals surface area contributed by atoms with Crippen molar-refractivity contribution in [2.45, 2.75) is 38.8 Å². The van der Waals surface area contributed by atoms with Gasteiger partial charge in [-0.25, -0.2) is 4.79 Å². The molecule has 2 heterocycles. The first-order chi connectivity index (χ1) is 9.06. The van der Waals surface area contributed by atoms with Gasteiger partial charge in [0.05, 0.1) is 6.61 Å². The average molecular weight is 270 g/mol. The lowest BCUT2D eigenvalue weighted by Crippen LogP contribution is -2.53. The molecule has 1 unspecified atom stereocenters. The molecule has 2 fully saturated rings. The lowest BCUT2D eigenvalue weighted by atomic mass is 10.0. The van der Waals surface area contributed by atoms with Gasteiger partial charge in [-0.2, -0.15) is 0 Å². The van der Waals surface area contributed by atoms with E-state index in [-0.39, 0.29) is 0 Å². The van der Waals surface area contributed by atoms with E-state index in [1.54, 1.807) is 0 Å². The number of hydrogen-bond donors (Lipinski definition) is 1. The van der Waals surface area contributed by atoms with Gasteiger partial charge in [0, 0.05) is 25.7 Å². The summed E-state index contributed by atoms with van der Waals surface area (Å²) < 4.78 is 5.28. The quantitative estimate of drug-likeness (QED) is 0.822. The molecule has 2 saturated heterocycles. The molecule has 0 bridgehead atoms. The van der Waals surface area contributed by atoms with Crippen LogP contribution in [0.3, 0.4) is 0 Å². The third-order valence-electron chi connectivity index (χ3n) is 4.07. The van der Waals surface area contributed by atoms with Crippen molar-refractivity contribution in [3.05, 3.63) is 0 Å². The van der Waals surface area contributed by atoms with Gasteiger partial charge in [0.2, 0.25) is 0 Å². The maximum absolute atomic E-state index is 11.0. The molecule has 0 saturated carbocycles. The Bertz CT molecular complexity index is 301. The van der Waals surface area contributed by atoms with E-state index in [9.17, 15) is 4.79 Å². The van der Waals surface area contributed by atoms with Gasteiger partial charge in [0.1, 0.15) is 0 Å². The van der Waals surface area contributed by atoms with Crippen molar-refractivity contribution in [1.82, 2.24) is 9.80 Å². The summed E-state index contributed by atoms with van der Waals surface area (Å²) in [6, 6.07) is 0.536. The fourth-order valence-corrected chi connectivity index (χ4v) is 3.13. The Morgan fingerprint density at radius 3 is 2.58 bits per heavy atom. The molecule has 0 aromatic carbocycles. The van der Waals surface area contributed by atoms with E-state index in [1.807, 2.05) is 0 Å². The first kappa shape index (κ1) is 14.8. The van der Waals surface area contributed by atoms with Crippen LogP contribution in [0.2, 0.25) is 0 Å². The van der Waals surface area contributed by atoms with Gasteiger partial charge in [-0.15, -0.1) is 0 Å². The molecule has 2 rings (SSSR count). The summed E-state index contributed by atoms with van der Waals surface area (Å²) in [5.74, 6) is -0.113. The zero-order valence-electron chi connectivity index (χ0n) is 12.0. The largest absolute Gasteiger partial charge is 0.479 e. The van der Waals surface area contributed by atoms with Crippen LogP contribution in [-0.2, 0) is 9.53 Å². The highest BCUT2D eigenvalue weighted by molar-refractivity contribution is 5.72. The molecule has 0 amide bonds. The SMILES string of the molecule is CC(C)CN1CCC(N2CCOC(C(=O)O)C2)CC1. The average Bonchev–Trinajstić information content (AvgIpc) is 2.39. The standard InChI is InChI=1S/C14H26N2O3/c1-11(2)9-15-5-3-12(4-6-15)16-7-8-19-13(10-16)14(17)18/h11-13H,3-10H2,1-2H3,(H,17,18). The van der Waals surface area contributed by atoms with Crippen molar-refractivity contribution in [3.8, 4) is 0 Å². The van der Waals surface area contributed by atoms with Crippen LogP contribution in [-0.4, -0.2) is 72.4 Å². The van der Waals surface area contributed by atoms with E-state index in [2.05, 4.69) is 23.6 Å². The minimum Gasteiger partial charge on any atom is -0.479 e. The summed E-state index contributed by atoms with van der Waals surface area (Å²) in [6.45, 7) is 9.92. The molecule has 2 aliphatic heterocycles. The van der Waals surface area contributed by atoms with Gasteiger partial charge >= 0.3 is 5.97 Å². The second kappa shape index (κ2) is 6.68. The predicted octanol–water partition coefficient (Wildman–Crippen LogP) is 0.892. The zero-order chi connectivity index (χ0) is 13.8. The van der Waals surface area contributed by atoms with Crippen LogP contribution < -0.4 is 0 Å². The number of nitrogens with zero attached hydrogens (tertiary/aromatic N) is 2. The second-order valence-corrected chi connectivity index (χ2v) is 6.12. The number of hydrogen-bond acceptors (Lipinski definition) is 4.